The molecule has 9 nitrogen and oxygen atoms in total. The van der Waals surface area contributed by atoms with Crippen molar-refractivity contribution in [3.63, 3.8) is 0 Å². The number of pyridine rings is 1. The third-order valence-electron chi connectivity index (χ3n) is 7.67. The summed E-state index contributed by atoms with van der Waals surface area (Å²) in [5.41, 5.74) is 0.974. The molecule has 2 aliphatic rings. The molecule has 1 aliphatic heterocycles. The van der Waals surface area contributed by atoms with Gasteiger partial charge in [0.2, 0.25) is 5.43 Å². The Morgan fingerprint density at radius 1 is 1.02 bits per heavy atom. The van der Waals surface area contributed by atoms with Crippen molar-refractivity contribution in [1.29, 1.82) is 0 Å². The summed E-state index contributed by atoms with van der Waals surface area (Å²) in [6.45, 7) is 4.65. The Hall–Kier alpha value is -4.44. The van der Waals surface area contributed by atoms with Gasteiger partial charge in [0.05, 0.1) is 24.2 Å². The molecule has 0 radical (unpaired) electrons. The number of aliphatic carboxylic acids is 1. The zero-order chi connectivity index (χ0) is 29.3. The number of nitrogens with one attached hydrogen (secondary N) is 1. The number of carbonyl (C=O) groups is 2. The molecular weight excluding hydrogens is 529 g/mol. The van der Waals surface area contributed by atoms with Crippen LogP contribution in [0.2, 0.25) is 0 Å². The van der Waals surface area contributed by atoms with Gasteiger partial charge in [-0.15, -0.1) is 0 Å². The molecule has 0 bridgehead atoms. The standard InChI is InChI=1S/C17H18FN3O3.C14H14O3/c18-13-7-11-14(8-15(13)20-5-3-19-4-6-20)21(10-1-2-10)9-12(16(11)22)17(23)24;1-9(14(15)16)10-3-4-12-8-13(17-2)6-5-11(12)7-10/h7-10,19H,1-6H2,(H,23,24);3-9H,1-2H3,(H,15,16)/t;9-/m.0/s1. The number of hydrogen-bond acceptors (Lipinski definition) is 6. The van der Waals surface area contributed by atoms with E-state index >= 15 is 0 Å². The van der Waals surface area contributed by atoms with Crippen molar-refractivity contribution in [3.8, 4) is 5.75 Å². The predicted molar refractivity (Wildman–Crippen MR) is 155 cm³/mol. The summed E-state index contributed by atoms with van der Waals surface area (Å²) in [4.78, 5) is 36.6. The van der Waals surface area contributed by atoms with Crippen molar-refractivity contribution in [2.45, 2.75) is 31.7 Å². The van der Waals surface area contributed by atoms with E-state index in [-0.39, 0.29) is 17.0 Å². The van der Waals surface area contributed by atoms with Crippen LogP contribution < -0.4 is 20.4 Å². The van der Waals surface area contributed by atoms with Crippen LogP contribution in [0, 0.1) is 5.82 Å². The molecule has 4 aromatic rings. The maximum atomic E-state index is 14.6. The van der Waals surface area contributed by atoms with Crippen LogP contribution >= 0.6 is 0 Å². The number of anilines is 1. The number of benzene rings is 3. The maximum absolute atomic E-state index is 14.6. The highest BCUT2D eigenvalue weighted by Crippen LogP contribution is 2.38. The van der Waals surface area contributed by atoms with Gasteiger partial charge in [-0.25, -0.2) is 9.18 Å². The van der Waals surface area contributed by atoms with Crippen LogP contribution in [-0.2, 0) is 4.79 Å². The van der Waals surface area contributed by atoms with Gasteiger partial charge in [-0.2, -0.15) is 0 Å². The van der Waals surface area contributed by atoms with E-state index in [0.717, 1.165) is 48.0 Å². The number of methoxy groups -OCH3 is 1. The molecule has 1 atom stereocenters. The van der Waals surface area contributed by atoms with Gasteiger partial charge >= 0.3 is 11.9 Å². The third kappa shape index (κ3) is 5.88. The van der Waals surface area contributed by atoms with Crippen molar-refractivity contribution in [2.75, 3.05) is 38.2 Å². The van der Waals surface area contributed by atoms with Crippen LogP contribution in [0.5, 0.6) is 5.75 Å². The second-order valence-electron chi connectivity index (χ2n) is 10.4. The van der Waals surface area contributed by atoms with E-state index in [1.54, 1.807) is 20.1 Å². The molecule has 0 amide bonds. The van der Waals surface area contributed by atoms with Crippen molar-refractivity contribution >= 4 is 39.3 Å². The van der Waals surface area contributed by atoms with Crippen LogP contribution in [0.25, 0.3) is 21.7 Å². The zero-order valence-corrected chi connectivity index (χ0v) is 22.9. The quantitative estimate of drug-likeness (QED) is 0.312. The molecule has 2 fully saturated rings. The molecule has 6 rings (SSSR count). The van der Waals surface area contributed by atoms with E-state index in [1.807, 2.05) is 45.9 Å². The van der Waals surface area contributed by atoms with Crippen LogP contribution in [-0.4, -0.2) is 60.0 Å². The molecule has 0 unspecified atom stereocenters. The Kier molecular flexibility index (Phi) is 7.94. The fraction of sp³-hybridized carbons (Fsp3) is 0.323. The molecule has 41 heavy (non-hydrogen) atoms. The third-order valence-corrected chi connectivity index (χ3v) is 7.67. The van der Waals surface area contributed by atoms with E-state index in [9.17, 15) is 23.9 Å². The molecule has 214 valence electrons. The highest BCUT2D eigenvalue weighted by atomic mass is 19.1. The lowest BCUT2D eigenvalue weighted by molar-refractivity contribution is -0.138. The SMILES string of the molecule is COc1ccc2cc([C@H](C)C(=O)O)ccc2c1.O=C(O)c1cn(C2CC2)c2cc(N3CCNCC3)c(F)cc2c1=O. The first-order chi connectivity index (χ1) is 19.7. The summed E-state index contributed by atoms with van der Waals surface area (Å²) < 4.78 is 21.6. The predicted octanol–water partition coefficient (Wildman–Crippen LogP) is 4.62. The maximum Gasteiger partial charge on any atom is 0.341 e. The zero-order valence-electron chi connectivity index (χ0n) is 22.9. The van der Waals surface area contributed by atoms with Crippen molar-refractivity contribution in [2.24, 2.45) is 0 Å². The van der Waals surface area contributed by atoms with Gasteiger partial charge in [0.1, 0.15) is 17.1 Å². The Balaban J connectivity index is 0.000000175. The van der Waals surface area contributed by atoms with Gasteiger partial charge in [0.15, 0.2) is 0 Å². The van der Waals surface area contributed by atoms with E-state index in [4.69, 9.17) is 9.84 Å². The average Bonchev–Trinajstić information content (AvgIpc) is 3.82. The molecular formula is C31H32FN3O6. The lowest BCUT2D eigenvalue weighted by Gasteiger charge is -2.30. The van der Waals surface area contributed by atoms with Crippen LogP contribution in [0.3, 0.4) is 0 Å². The van der Waals surface area contributed by atoms with Gasteiger partial charge in [-0.1, -0.05) is 24.3 Å². The number of fused-ring (bicyclic) bond motifs is 2. The summed E-state index contributed by atoms with van der Waals surface area (Å²) in [6.07, 6.45) is 3.29. The minimum atomic E-state index is -1.28. The molecule has 10 heteroatoms. The van der Waals surface area contributed by atoms with Crippen molar-refractivity contribution < 1.29 is 28.9 Å². The van der Waals surface area contributed by atoms with E-state index in [1.165, 1.54) is 12.3 Å². The molecule has 0 spiro atoms. The smallest absolute Gasteiger partial charge is 0.341 e. The molecule has 1 saturated heterocycles. The van der Waals surface area contributed by atoms with E-state index in [0.29, 0.717) is 24.3 Å². The number of halogens is 1. The number of hydrogen-bond donors (Lipinski definition) is 3. The Bertz CT molecular complexity index is 1690. The minimum absolute atomic E-state index is 0.137. The fourth-order valence-electron chi connectivity index (χ4n) is 5.10. The molecule has 1 saturated carbocycles. The minimum Gasteiger partial charge on any atom is -0.497 e. The van der Waals surface area contributed by atoms with Gasteiger partial charge in [-0.05, 0) is 60.4 Å². The van der Waals surface area contributed by atoms with Crippen molar-refractivity contribution in [3.05, 3.63) is 81.9 Å². The Morgan fingerprint density at radius 3 is 2.34 bits per heavy atom. The number of carboxylic acids is 2. The first-order valence-corrected chi connectivity index (χ1v) is 13.6. The lowest BCUT2D eigenvalue weighted by Crippen LogP contribution is -2.43. The first-order valence-electron chi connectivity index (χ1n) is 13.6. The van der Waals surface area contributed by atoms with Crippen LogP contribution in [0.15, 0.2) is 59.5 Å². The van der Waals surface area contributed by atoms with Gasteiger partial charge in [0.25, 0.3) is 0 Å². The second kappa shape index (κ2) is 11.6. The molecule has 2 heterocycles. The normalized spacial score (nSPS) is 15.7. The Morgan fingerprint density at radius 2 is 1.71 bits per heavy atom. The second-order valence-corrected chi connectivity index (χ2v) is 10.4. The molecule has 1 aromatic heterocycles. The number of nitrogens with zero attached hydrogens (tertiary/aromatic N) is 2. The van der Waals surface area contributed by atoms with E-state index < -0.39 is 29.1 Å². The number of aromatic carboxylic acids is 1. The lowest BCUT2D eigenvalue weighted by atomic mass is 9.98. The van der Waals surface area contributed by atoms with Gasteiger partial charge < -0.3 is 29.7 Å². The summed E-state index contributed by atoms with van der Waals surface area (Å²) in [5.74, 6) is -2.25. The van der Waals surface area contributed by atoms with Crippen molar-refractivity contribution in [1.82, 2.24) is 9.88 Å². The number of ether oxygens (including phenoxy) is 1. The van der Waals surface area contributed by atoms with Crippen LogP contribution in [0.4, 0.5) is 10.1 Å². The summed E-state index contributed by atoms with van der Waals surface area (Å²) in [5, 5.41) is 23.7. The Labute approximate surface area is 235 Å². The number of carboxylic acid groups (broad SMARTS) is 2. The van der Waals surface area contributed by atoms with Gasteiger partial charge in [-0.3, -0.25) is 9.59 Å². The van der Waals surface area contributed by atoms with Gasteiger partial charge in [0, 0.05) is 43.8 Å². The fourth-order valence-corrected chi connectivity index (χ4v) is 5.10. The number of rotatable bonds is 6. The van der Waals surface area contributed by atoms with Crippen LogP contribution in [0.1, 0.15) is 47.6 Å². The number of aromatic nitrogens is 1. The summed E-state index contributed by atoms with van der Waals surface area (Å²) in [6, 6.07) is 14.5. The summed E-state index contributed by atoms with van der Waals surface area (Å²) in [7, 11) is 1.63. The van der Waals surface area contributed by atoms with E-state index in [2.05, 4.69) is 5.32 Å². The summed E-state index contributed by atoms with van der Waals surface area (Å²) >= 11 is 0. The number of piperazine rings is 1. The topological polar surface area (TPSA) is 121 Å². The first kappa shape index (κ1) is 28.1. The highest BCUT2D eigenvalue weighted by molar-refractivity contribution is 5.93. The molecule has 3 aromatic carbocycles. The highest BCUT2D eigenvalue weighted by Gasteiger charge is 2.28. The monoisotopic (exact) mass is 561 g/mol. The average molecular weight is 562 g/mol. The molecule has 1 aliphatic carbocycles. The largest absolute Gasteiger partial charge is 0.497 e. The molecule has 3 N–H and O–H groups in total.